The predicted octanol–water partition coefficient (Wildman–Crippen LogP) is 2.95. The van der Waals surface area contributed by atoms with Crippen LogP contribution < -0.4 is 10.1 Å². The minimum absolute atomic E-state index is 0.600. The van der Waals surface area contributed by atoms with Gasteiger partial charge in [-0.1, -0.05) is 18.2 Å². The van der Waals surface area contributed by atoms with Gasteiger partial charge in [0.1, 0.15) is 17.4 Å². The topological polar surface area (TPSA) is 59.9 Å². The first-order chi connectivity index (χ1) is 10.3. The zero-order valence-corrected chi connectivity index (χ0v) is 12.0. The molecule has 2 heterocycles. The third-order valence-corrected chi connectivity index (χ3v) is 3.20. The third kappa shape index (κ3) is 2.91. The normalized spacial score (nSPS) is 10.6. The van der Waals surface area contributed by atoms with Gasteiger partial charge >= 0.3 is 0 Å². The number of anilines is 1. The van der Waals surface area contributed by atoms with Gasteiger partial charge in [0.15, 0.2) is 0 Å². The monoisotopic (exact) mass is 280 g/mol. The first kappa shape index (κ1) is 13.3. The minimum Gasteiger partial charge on any atom is -0.495 e. The molecule has 21 heavy (non-hydrogen) atoms. The van der Waals surface area contributed by atoms with E-state index in [2.05, 4.69) is 20.3 Å². The lowest BCUT2D eigenvalue weighted by molar-refractivity contribution is 0.413. The largest absolute Gasteiger partial charge is 0.495 e. The van der Waals surface area contributed by atoms with Crippen LogP contribution in [0.5, 0.6) is 5.75 Å². The molecule has 0 unspecified atom stereocenters. The van der Waals surface area contributed by atoms with Gasteiger partial charge in [0.2, 0.25) is 0 Å². The zero-order chi connectivity index (χ0) is 14.7. The second-order valence-electron chi connectivity index (χ2n) is 4.67. The smallest absolute Gasteiger partial charge is 0.137 e. The molecule has 0 saturated carbocycles. The van der Waals surface area contributed by atoms with Gasteiger partial charge in [-0.05, 0) is 25.1 Å². The first-order valence-corrected chi connectivity index (χ1v) is 6.72. The number of ether oxygens (including phenoxy) is 1. The second-order valence-corrected chi connectivity index (χ2v) is 4.67. The van der Waals surface area contributed by atoms with Crippen LogP contribution >= 0.6 is 0 Å². The van der Waals surface area contributed by atoms with Crippen molar-refractivity contribution in [1.29, 1.82) is 0 Å². The number of methoxy groups -OCH3 is 1. The fraction of sp³-hybridized carbons (Fsp3) is 0.188. The first-order valence-electron chi connectivity index (χ1n) is 6.72. The molecular weight excluding hydrogens is 264 g/mol. The molecule has 5 heteroatoms. The molecule has 2 aromatic heterocycles. The van der Waals surface area contributed by atoms with Crippen LogP contribution in [0.2, 0.25) is 0 Å². The highest BCUT2D eigenvalue weighted by atomic mass is 16.5. The molecule has 0 saturated heterocycles. The Balaban J connectivity index is 1.84. The Hall–Kier alpha value is -2.69. The Morgan fingerprint density at radius 1 is 1.10 bits per heavy atom. The molecule has 0 aliphatic rings. The summed E-state index contributed by atoms with van der Waals surface area (Å²) in [5.74, 6) is 2.30. The summed E-state index contributed by atoms with van der Waals surface area (Å²) in [6.45, 7) is 2.50. The van der Waals surface area contributed by atoms with E-state index in [1.165, 1.54) is 0 Å². The van der Waals surface area contributed by atoms with Crippen molar-refractivity contribution in [3.63, 3.8) is 0 Å². The minimum atomic E-state index is 0.600. The SMILES string of the molecule is COc1ccc(NCc2nc(C)nc3ccccc23)nc1. The van der Waals surface area contributed by atoms with E-state index in [0.717, 1.165) is 34.0 Å². The lowest BCUT2D eigenvalue weighted by Crippen LogP contribution is -2.06. The summed E-state index contributed by atoms with van der Waals surface area (Å²) < 4.78 is 5.09. The molecule has 0 amide bonds. The van der Waals surface area contributed by atoms with Crippen LogP contribution in [0, 0.1) is 6.92 Å². The number of fused-ring (bicyclic) bond motifs is 1. The number of nitrogens with one attached hydrogen (secondary N) is 1. The number of hydrogen-bond donors (Lipinski definition) is 1. The Labute approximate surface area is 123 Å². The fourth-order valence-electron chi connectivity index (χ4n) is 2.18. The number of aryl methyl sites for hydroxylation is 1. The number of aromatic nitrogens is 3. The van der Waals surface area contributed by atoms with E-state index in [-0.39, 0.29) is 0 Å². The molecule has 0 aliphatic heterocycles. The van der Waals surface area contributed by atoms with Gasteiger partial charge in [0.05, 0.1) is 31.1 Å². The number of benzene rings is 1. The van der Waals surface area contributed by atoms with E-state index in [9.17, 15) is 0 Å². The molecule has 3 aromatic rings. The number of para-hydroxylation sites is 1. The molecule has 1 aromatic carbocycles. The van der Waals surface area contributed by atoms with Crippen molar-refractivity contribution in [3.8, 4) is 5.75 Å². The summed E-state index contributed by atoms with van der Waals surface area (Å²) in [7, 11) is 1.62. The molecule has 106 valence electrons. The number of hydrogen-bond acceptors (Lipinski definition) is 5. The predicted molar refractivity (Wildman–Crippen MR) is 82.4 cm³/mol. The quantitative estimate of drug-likeness (QED) is 0.796. The van der Waals surface area contributed by atoms with Gasteiger partial charge in [0, 0.05) is 5.39 Å². The van der Waals surface area contributed by atoms with E-state index in [4.69, 9.17) is 4.74 Å². The Kier molecular flexibility index (Phi) is 3.64. The van der Waals surface area contributed by atoms with Crippen LogP contribution in [0.25, 0.3) is 10.9 Å². The maximum Gasteiger partial charge on any atom is 0.137 e. The number of pyridine rings is 1. The highest BCUT2D eigenvalue weighted by Crippen LogP contribution is 2.17. The molecule has 0 aliphatic carbocycles. The Bertz CT molecular complexity index is 756. The van der Waals surface area contributed by atoms with Crippen molar-refractivity contribution < 1.29 is 4.74 Å². The van der Waals surface area contributed by atoms with Crippen LogP contribution in [0.3, 0.4) is 0 Å². The third-order valence-electron chi connectivity index (χ3n) is 3.20. The summed E-state index contributed by atoms with van der Waals surface area (Å²) in [5, 5.41) is 4.33. The highest BCUT2D eigenvalue weighted by Gasteiger charge is 2.05. The maximum atomic E-state index is 5.09. The fourth-order valence-corrected chi connectivity index (χ4v) is 2.18. The summed E-state index contributed by atoms with van der Waals surface area (Å²) in [5.41, 5.74) is 1.93. The van der Waals surface area contributed by atoms with Crippen molar-refractivity contribution in [2.24, 2.45) is 0 Å². The second kappa shape index (κ2) is 5.75. The van der Waals surface area contributed by atoms with E-state index in [1.54, 1.807) is 13.3 Å². The number of nitrogens with zero attached hydrogens (tertiary/aromatic N) is 3. The van der Waals surface area contributed by atoms with E-state index < -0.39 is 0 Å². The average molecular weight is 280 g/mol. The molecule has 0 radical (unpaired) electrons. The van der Waals surface area contributed by atoms with Gasteiger partial charge in [-0.2, -0.15) is 0 Å². The molecule has 1 N–H and O–H groups in total. The van der Waals surface area contributed by atoms with Crippen LogP contribution in [-0.4, -0.2) is 22.1 Å². The van der Waals surface area contributed by atoms with Gasteiger partial charge in [-0.3, -0.25) is 0 Å². The summed E-state index contributed by atoms with van der Waals surface area (Å²) in [6.07, 6.45) is 1.69. The molecule has 3 rings (SSSR count). The summed E-state index contributed by atoms with van der Waals surface area (Å²) >= 11 is 0. The Morgan fingerprint density at radius 2 is 1.95 bits per heavy atom. The average Bonchev–Trinajstić information content (AvgIpc) is 2.53. The van der Waals surface area contributed by atoms with Gasteiger partial charge in [0.25, 0.3) is 0 Å². The van der Waals surface area contributed by atoms with Crippen molar-refractivity contribution in [2.75, 3.05) is 12.4 Å². The van der Waals surface area contributed by atoms with E-state index >= 15 is 0 Å². The molecule has 5 nitrogen and oxygen atoms in total. The van der Waals surface area contributed by atoms with E-state index in [1.807, 2.05) is 43.3 Å². The van der Waals surface area contributed by atoms with Crippen molar-refractivity contribution in [1.82, 2.24) is 15.0 Å². The van der Waals surface area contributed by atoms with Gasteiger partial charge in [-0.25, -0.2) is 15.0 Å². The summed E-state index contributed by atoms with van der Waals surface area (Å²) in [4.78, 5) is 13.3. The number of rotatable bonds is 4. The molecular formula is C16H16N4O. The lowest BCUT2D eigenvalue weighted by Gasteiger charge is -2.09. The van der Waals surface area contributed by atoms with Crippen LogP contribution in [0.15, 0.2) is 42.6 Å². The van der Waals surface area contributed by atoms with Gasteiger partial charge in [-0.15, -0.1) is 0 Å². The van der Waals surface area contributed by atoms with Crippen LogP contribution in [-0.2, 0) is 6.54 Å². The molecule has 0 spiro atoms. The van der Waals surface area contributed by atoms with Crippen molar-refractivity contribution >= 4 is 16.7 Å². The molecule has 0 bridgehead atoms. The maximum absolute atomic E-state index is 5.09. The van der Waals surface area contributed by atoms with Crippen molar-refractivity contribution in [2.45, 2.75) is 13.5 Å². The van der Waals surface area contributed by atoms with Gasteiger partial charge < -0.3 is 10.1 Å². The Morgan fingerprint density at radius 3 is 2.71 bits per heavy atom. The lowest BCUT2D eigenvalue weighted by atomic mass is 10.2. The summed E-state index contributed by atoms with van der Waals surface area (Å²) in [6, 6.07) is 11.8. The molecule has 0 atom stereocenters. The highest BCUT2D eigenvalue weighted by molar-refractivity contribution is 5.81. The standard InChI is InChI=1S/C16H16N4O/c1-11-19-14-6-4-3-5-13(14)15(20-11)10-18-16-8-7-12(21-2)9-17-16/h3-9H,10H2,1-2H3,(H,17,18). The van der Waals surface area contributed by atoms with Crippen LogP contribution in [0.4, 0.5) is 5.82 Å². The van der Waals surface area contributed by atoms with E-state index in [0.29, 0.717) is 6.54 Å². The molecule has 0 fully saturated rings. The zero-order valence-electron chi connectivity index (χ0n) is 12.0. The van der Waals surface area contributed by atoms with Crippen LogP contribution in [0.1, 0.15) is 11.5 Å². The van der Waals surface area contributed by atoms with Crippen molar-refractivity contribution in [3.05, 3.63) is 54.1 Å².